The number of benzene rings is 2. The highest BCUT2D eigenvalue weighted by Gasteiger charge is 2.78. The molecule has 21 nitrogen and oxygen atoms in total. The molecule has 3 aliphatic carbocycles. The minimum atomic E-state index is -2.51. The molecule has 2 bridgehead atoms. The fourth-order valence-corrected chi connectivity index (χ4v) is 10.6. The van der Waals surface area contributed by atoms with Crippen molar-refractivity contribution in [2.75, 3.05) is 26.9 Å². The van der Waals surface area contributed by atoms with Gasteiger partial charge in [-0.1, -0.05) is 62.4 Å². The van der Waals surface area contributed by atoms with Crippen LogP contribution in [0.4, 0.5) is 4.79 Å². The predicted octanol–water partition coefficient (Wildman–Crippen LogP) is 3.32. The second-order valence-electron chi connectivity index (χ2n) is 20.5. The van der Waals surface area contributed by atoms with Crippen LogP contribution in [0.1, 0.15) is 104 Å². The van der Waals surface area contributed by atoms with Crippen molar-refractivity contribution in [2.45, 2.75) is 147 Å². The number of nitrogens with one attached hydrogen (secondary N) is 1. The molecular weight excluding hydrogens is 959 g/mol. The number of carbonyl (C=O) groups excluding carboxylic acids is 8. The van der Waals surface area contributed by atoms with E-state index < -0.39 is 143 Å². The van der Waals surface area contributed by atoms with E-state index in [9.17, 15) is 44.1 Å². The van der Waals surface area contributed by atoms with Crippen molar-refractivity contribution in [2.24, 2.45) is 16.7 Å². The largest absolute Gasteiger partial charge is 0.461 e. The van der Waals surface area contributed by atoms with E-state index in [0.29, 0.717) is 0 Å². The van der Waals surface area contributed by atoms with Crippen LogP contribution in [0.25, 0.3) is 0 Å². The maximum atomic E-state index is 15.2. The average molecular weight is 1020 g/mol. The first-order valence-electron chi connectivity index (χ1n) is 23.8. The van der Waals surface area contributed by atoms with E-state index in [-0.39, 0.29) is 48.5 Å². The summed E-state index contributed by atoms with van der Waals surface area (Å²) in [5, 5.41) is 40.7. The molecule has 2 aromatic rings. The summed E-state index contributed by atoms with van der Waals surface area (Å²) in [6.45, 7) is 12.3. The van der Waals surface area contributed by atoms with Crippen LogP contribution in [0.5, 0.6) is 0 Å². The van der Waals surface area contributed by atoms with Gasteiger partial charge in [0.15, 0.2) is 17.5 Å². The van der Waals surface area contributed by atoms with E-state index >= 15 is 9.59 Å². The van der Waals surface area contributed by atoms with Gasteiger partial charge in [-0.25, -0.2) is 19.2 Å². The van der Waals surface area contributed by atoms with Gasteiger partial charge in [0.2, 0.25) is 6.10 Å². The Morgan fingerprint density at radius 3 is 2.07 bits per heavy atom. The first-order valence-corrected chi connectivity index (χ1v) is 23.8. The monoisotopic (exact) mass is 1020 g/mol. The number of aliphatic hydroxyl groups excluding tert-OH is 2. The normalized spacial score (nSPS) is 29.4. The number of ketones is 1. The van der Waals surface area contributed by atoms with Crippen LogP contribution >= 0.6 is 0 Å². The van der Waals surface area contributed by atoms with E-state index in [1.807, 2.05) is 0 Å². The molecule has 0 spiro atoms. The highest BCUT2D eigenvalue weighted by atomic mass is 16.6. The summed E-state index contributed by atoms with van der Waals surface area (Å²) in [5.41, 5.74) is -9.28. The van der Waals surface area contributed by atoms with E-state index in [2.05, 4.69) is 5.32 Å². The third kappa shape index (κ3) is 11.2. The smallest absolute Gasteiger partial charge is 0.408 e. The van der Waals surface area contributed by atoms with Gasteiger partial charge in [-0.3, -0.25) is 19.2 Å². The van der Waals surface area contributed by atoms with Crippen molar-refractivity contribution >= 4 is 47.7 Å². The quantitative estimate of drug-likeness (QED) is 0.0616. The first kappa shape index (κ1) is 56.0. The van der Waals surface area contributed by atoms with E-state index in [1.54, 1.807) is 57.2 Å². The highest BCUT2D eigenvalue weighted by molar-refractivity contribution is 5.95. The van der Waals surface area contributed by atoms with Crippen molar-refractivity contribution in [3.63, 3.8) is 0 Å². The number of carbonyl (C=O) groups is 8. The molecule has 4 N–H and O–H groups in total. The number of rotatable bonds is 16. The molecule has 1 amide bonds. The summed E-state index contributed by atoms with van der Waals surface area (Å²) in [6.07, 6.45) is -15.3. The van der Waals surface area contributed by atoms with Crippen LogP contribution in [0, 0.1) is 16.7 Å². The van der Waals surface area contributed by atoms with Gasteiger partial charge in [-0.15, -0.1) is 0 Å². The molecule has 398 valence electrons. The lowest BCUT2D eigenvalue weighted by atomic mass is 9.44. The topological polar surface area (TPSA) is 292 Å². The number of fused-ring (bicyclic) bond motifs is 5. The molecule has 0 radical (unpaired) electrons. The molecule has 12 unspecified atom stereocenters. The van der Waals surface area contributed by atoms with Crippen molar-refractivity contribution < 1.29 is 96.3 Å². The third-order valence-electron chi connectivity index (χ3n) is 14.3. The Labute approximate surface area is 422 Å². The third-order valence-corrected chi connectivity index (χ3v) is 14.3. The van der Waals surface area contributed by atoms with Crippen LogP contribution < -0.4 is 5.32 Å². The van der Waals surface area contributed by atoms with Gasteiger partial charge in [-0.05, 0) is 70.4 Å². The minimum absolute atomic E-state index is 0.0125. The number of ether oxygens (including phenoxy) is 9. The number of hydrogen-bond acceptors (Lipinski definition) is 20. The number of esters is 6. The Balaban J connectivity index is 1.47. The molecule has 2 saturated carbocycles. The molecule has 73 heavy (non-hydrogen) atoms. The first-order chi connectivity index (χ1) is 34.1. The molecule has 1 heterocycles. The van der Waals surface area contributed by atoms with Gasteiger partial charge in [-0.2, -0.15) is 0 Å². The van der Waals surface area contributed by atoms with Crippen molar-refractivity contribution in [1.29, 1.82) is 0 Å². The second kappa shape index (κ2) is 21.7. The zero-order valence-electron chi connectivity index (χ0n) is 42.5. The standard InChI is InChI=1S/C52H65NO20/c1-27-32(69-46(62)40(38(30-17-13-11-14-18-30)53-47(63)73-48(4,5)6)70-36(57)24-35(56)68-28(2)44(60)66-22-21-65-10)25-52(64)43(71-45(61)31-19-15-12-16-20-31)41-50(9,42(59)39(58)37(27)49(52,7)8)33(55)23-34-51(41,26-67-34)72-29(3)54/h11-20,28,32-34,38-41,43,55,58,64H,21-26H2,1-10H3,(H,53,63). The lowest BCUT2D eigenvalue weighted by Gasteiger charge is -2.67. The Bertz CT molecular complexity index is 2470. The number of amides is 1. The molecule has 4 aliphatic rings. The van der Waals surface area contributed by atoms with E-state index in [1.165, 1.54) is 66.0 Å². The van der Waals surface area contributed by atoms with Gasteiger partial charge in [0.1, 0.15) is 54.7 Å². The maximum absolute atomic E-state index is 15.2. The van der Waals surface area contributed by atoms with Crippen LogP contribution in [-0.4, -0.2) is 149 Å². The SMILES string of the molecule is COCCOC(=O)C(C)OC(=O)CC(=O)OC(C(=O)OC1CC2(O)C(OC(=O)c3ccccc3)C3C4(OC(C)=O)COC4CC(O)C3(C)C(=O)C(O)C(=C1C)C2(C)C)C(NC(=O)OC(C)(C)C)c1ccccc1. The van der Waals surface area contributed by atoms with Gasteiger partial charge in [0.05, 0.1) is 36.2 Å². The second-order valence-corrected chi connectivity index (χ2v) is 20.5. The summed E-state index contributed by atoms with van der Waals surface area (Å²) in [4.78, 5) is 110. The Hall–Kier alpha value is -6.26. The Kier molecular flexibility index (Phi) is 16.6. The average Bonchev–Trinajstić information content (AvgIpc) is 3.31. The molecule has 12 atom stereocenters. The summed E-state index contributed by atoms with van der Waals surface area (Å²) in [6, 6.07) is 13.7. The Morgan fingerprint density at radius 1 is 0.877 bits per heavy atom. The molecule has 2 aromatic carbocycles. The number of methoxy groups -OCH3 is 1. The number of Topliss-reactive ketones (excluding diaryl/α,β-unsaturated/α-hetero) is 1. The molecule has 1 aliphatic heterocycles. The van der Waals surface area contributed by atoms with Gasteiger partial charge in [0.25, 0.3) is 0 Å². The lowest BCUT2D eigenvalue weighted by Crippen LogP contribution is -2.81. The predicted molar refractivity (Wildman–Crippen MR) is 250 cm³/mol. The van der Waals surface area contributed by atoms with Crippen LogP contribution in [0.2, 0.25) is 0 Å². The zero-order valence-corrected chi connectivity index (χ0v) is 42.5. The van der Waals surface area contributed by atoms with Crippen LogP contribution in [0.15, 0.2) is 71.8 Å². The molecule has 21 heteroatoms. The fraction of sp³-hybridized carbons (Fsp3) is 0.577. The maximum Gasteiger partial charge on any atom is 0.408 e. The molecule has 1 saturated heterocycles. The summed E-state index contributed by atoms with van der Waals surface area (Å²) < 4.78 is 50.6. The van der Waals surface area contributed by atoms with Crippen molar-refractivity contribution in [3.8, 4) is 0 Å². The summed E-state index contributed by atoms with van der Waals surface area (Å²) in [7, 11) is 1.39. The molecule has 6 rings (SSSR count). The van der Waals surface area contributed by atoms with Crippen molar-refractivity contribution in [3.05, 3.63) is 82.9 Å². The highest BCUT2D eigenvalue weighted by Crippen LogP contribution is 2.64. The van der Waals surface area contributed by atoms with E-state index in [4.69, 9.17) is 42.6 Å². The van der Waals surface area contributed by atoms with Crippen LogP contribution in [-0.2, 0) is 71.4 Å². The van der Waals surface area contributed by atoms with Gasteiger partial charge in [0, 0.05) is 32.3 Å². The number of hydrogen-bond donors (Lipinski definition) is 4. The van der Waals surface area contributed by atoms with E-state index in [0.717, 1.165) is 6.92 Å². The summed E-state index contributed by atoms with van der Waals surface area (Å²) in [5.74, 6) is -9.45. The fourth-order valence-electron chi connectivity index (χ4n) is 10.6. The lowest BCUT2D eigenvalue weighted by molar-refractivity contribution is -0.346. The van der Waals surface area contributed by atoms with Crippen molar-refractivity contribution in [1.82, 2.24) is 5.32 Å². The molecule has 3 fully saturated rings. The van der Waals surface area contributed by atoms with Gasteiger partial charge >= 0.3 is 41.9 Å². The number of aliphatic hydroxyl groups is 3. The number of alkyl carbamates (subject to hydrolysis) is 1. The summed E-state index contributed by atoms with van der Waals surface area (Å²) >= 11 is 0. The molecular formula is C52H65NO20. The minimum Gasteiger partial charge on any atom is -0.461 e. The van der Waals surface area contributed by atoms with Crippen LogP contribution in [0.3, 0.4) is 0 Å². The Morgan fingerprint density at radius 2 is 1.49 bits per heavy atom. The molecule has 0 aromatic heterocycles. The van der Waals surface area contributed by atoms with Gasteiger partial charge < -0.3 is 63.3 Å². The zero-order chi connectivity index (χ0) is 54.0.